The minimum atomic E-state index is -0.528. The van der Waals surface area contributed by atoms with Crippen molar-refractivity contribution in [1.82, 2.24) is 0 Å². The van der Waals surface area contributed by atoms with Crippen LogP contribution in [-0.4, -0.2) is 28.5 Å². The van der Waals surface area contributed by atoms with E-state index < -0.39 is 5.60 Å². The number of hydrogen-bond donors (Lipinski definition) is 3. The predicted octanol–water partition coefficient (Wildman–Crippen LogP) is 1.81. The molecule has 1 aromatic rings. The van der Waals surface area contributed by atoms with Crippen LogP contribution in [0.3, 0.4) is 0 Å². The molecule has 3 N–H and O–H groups in total. The maximum atomic E-state index is 10.3. The number of benzene rings is 1. The van der Waals surface area contributed by atoms with E-state index >= 15 is 0 Å². The van der Waals surface area contributed by atoms with Crippen molar-refractivity contribution in [3.8, 4) is 0 Å². The van der Waals surface area contributed by atoms with E-state index in [0.29, 0.717) is 0 Å². The Bertz CT molecular complexity index is 290. The van der Waals surface area contributed by atoms with Gasteiger partial charge in [-0.15, -0.1) is 0 Å². The van der Waals surface area contributed by atoms with E-state index in [4.69, 9.17) is 10.2 Å². The van der Waals surface area contributed by atoms with Crippen molar-refractivity contribution in [3.05, 3.63) is 35.9 Å². The minimum Gasteiger partial charge on any atom is -0.394 e. The Morgan fingerprint density at radius 1 is 0.882 bits per heavy atom. The van der Waals surface area contributed by atoms with Gasteiger partial charge in [-0.1, -0.05) is 49.6 Å². The summed E-state index contributed by atoms with van der Waals surface area (Å²) in [5, 5.41) is 25.6. The summed E-state index contributed by atoms with van der Waals surface area (Å²) in [4.78, 5) is 0. The lowest BCUT2D eigenvalue weighted by atomic mass is 9.80. The summed E-state index contributed by atoms with van der Waals surface area (Å²) < 4.78 is 0. The lowest BCUT2D eigenvalue weighted by Gasteiger charge is -2.32. The molecule has 0 unspecified atom stereocenters. The lowest BCUT2D eigenvalue weighted by molar-refractivity contribution is -0.000623. The first-order valence-electron chi connectivity index (χ1n) is 6.22. The number of hydrogen-bond acceptors (Lipinski definition) is 3. The number of aliphatic hydroxyl groups is 3. The van der Waals surface area contributed by atoms with E-state index in [-0.39, 0.29) is 13.2 Å². The molecule has 1 fully saturated rings. The highest BCUT2D eigenvalue weighted by molar-refractivity contribution is 5.22. The quantitative estimate of drug-likeness (QED) is 0.736. The third-order valence-corrected chi connectivity index (χ3v) is 3.09. The molecule has 1 aromatic carbocycles. The summed E-state index contributed by atoms with van der Waals surface area (Å²) in [6.07, 6.45) is 5.44. The molecule has 17 heavy (non-hydrogen) atoms. The first kappa shape index (κ1) is 14.2. The Labute approximate surface area is 103 Å². The average Bonchev–Trinajstić information content (AvgIpc) is 2.41. The molecule has 0 radical (unpaired) electrons. The zero-order valence-electron chi connectivity index (χ0n) is 10.2. The second-order valence-corrected chi connectivity index (χ2v) is 4.41. The second kappa shape index (κ2) is 7.43. The summed E-state index contributed by atoms with van der Waals surface area (Å²) in [7, 11) is 0. The van der Waals surface area contributed by atoms with Crippen molar-refractivity contribution in [2.75, 3.05) is 13.2 Å². The zero-order valence-corrected chi connectivity index (χ0v) is 10.2. The molecular formula is C14H22O3. The molecule has 0 aliphatic heterocycles. The second-order valence-electron chi connectivity index (χ2n) is 4.41. The largest absolute Gasteiger partial charge is 0.394 e. The molecule has 96 valence electrons. The van der Waals surface area contributed by atoms with Crippen LogP contribution in [0.2, 0.25) is 0 Å². The van der Waals surface area contributed by atoms with E-state index in [9.17, 15) is 5.11 Å². The van der Waals surface area contributed by atoms with Crippen LogP contribution >= 0.6 is 0 Å². The third kappa shape index (κ3) is 4.46. The van der Waals surface area contributed by atoms with Gasteiger partial charge in [0.15, 0.2) is 0 Å². The molecule has 0 saturated heterocycles. The fraction of sp³-hybridized carbons (Fsp3) is 0.571. The summed E-state index contributed by atoms with van der Waals surface area (Å²) in [5.74, 6) is 0. The van der Waals surface area contributed by atoms with Crippen molar-refractivity contribution in [2.24, 2.45) is 0 Å². The molecule has 0 spiro atoms. The molecule has 3 heteroatoms. The molecule has 0 heterocycles. The van der Waals surface area contributed by atoms with Gasteiger partial charge in [0.2, 0.25) is 0 Å². The molecule has 0 aromatic heterocycles. The normalized spacial score (nSPS) is 18.1. The Balaban J connectivity index is 0.000000317. The van der Waals surface area contributed by atoms with Crippen molar-refractivity contribution < 1.29 is 15.3 Å². The highest BCUT2D eigenvalue weighted by Crippen LogP contribution is 2.36. The van der Waals surface area contributed by atoms with Crippen LogP contribution in [0.5, 0.6) is 0 Å². The van der Waals surface area contributed by atoms with Gasteiger partial charge in [0.1, 0.15) is 0 Å². The van der Waals surface area contributed by atoms with Crippen molar-refractivity contribution in [3.63, 3.8) is 0 Å². The Morgan fingerprint density at radius 2 is 1.41 bits per heavy atom. The first-order chi connectivity index (χ1) is 8.23. The van der Waals surface area contributed by atoms with Crippen molar-refractivity contribution in [2.45, 2.75) is 37.7 Å². The van der Waals surface area contributed by atoms with Crippen LogP contribution in [0.4, 0.5) is 0 Å². The van der Waals surface area contributed by atoms with Crippen LogP contribution < -0.4 is 0 Å². The van der Waals surface area contributed by atoms with Gasteiger partial charge >= 0.3 is 0 Å². The van der Waals surface area contributed by atoms with Gasteiger partial charge in [-0.2, -0.15) is 0 Å². The number of rotatable bonds is 2. The van der Waals surface area contributed by atoms with Crippen LogP contribution in [0.1, 0.15) is 37.7 Å². The Kier molecular flexibility index (Phi) is 6.19. The molecule has 0 amide bonds. The molecule has 0 bridgehead atoms. The SMILES string of the molecule is OC1(c2ccccc2)CCCCC1.OCCO. The Hall–Kier alpha value is -0.900. The zero-order chi connectivity index (χ0) is 12.6. The van der Waals surface area contributed by atoms with E-state index in [1.165, 1.54) is 6.42 Å². The van der Waals surface area contributed by atoms with E-state index in [2.05, 4.69) is 0 Å². The van der Waals surface area contributed by atoms with Gasteiger partial charge in [-0.05, 0) is 18.4 Å². The van der Waals surface area contributed by atoms with Gasteiger partial charge in [0.25, 0.3) is 0 Å². The van der Waals surface area contributed by atoms with Gasteiger partial charge in [0, 0.05) is 0 Å². The van der Waals surface area contributed by atoms with E-state index in [0.717, 1.165) is 31.2 Å². The summed E-state index contributed by atoms with van der Waals surface area (Å²) >= 11 is 0. The highest BCUT2D eigenvalue weighted by Gasteiger charge is 2.30. The fourth-order valence-electron chi connectivity index (χ4n) is 2.17. The Morgan fingerprint density at radius 3 is 1.88 bits per heavy atom. The van der Waals surface area contributed by atoms with Crippen molar-refractivity contribution >= 4 is 0 Å². The maximum Gasteiger partial charge on any atom is 0.0896 e. The molecule has 3 nitrogen and oxygen atoms in total. The molecule has 2 rings (SSSR count). The fourth-order valence-corrected chi connectivity index (χ4v) is 2.17. The van der Waals surface area contributed by atoms with Gasteiger partial charge in [-0.25, -0.2) is 0 Å². The summed E-state index contributed by atoms with van der Waals surface area (Å²) in [6.45, 7) is -0.250. The van der Waals surface area contributed by atoms with E-state index in [1.807, 2.05) is 30.3 Å². The van der Waals surface area contributed by atoms with Gasteiger partial charge in [0.05, 0.1) is 18.8 Å². The lowest BCUT2D eigenvalue weighted by Crippen LogP contribution is -2.28. The van der Waals surface area contributed by atoms with Gasteiger partial charge in [-0.3, -0.25) is 0 Å². The third-order valence-electron chi connectivity index (χ3n) is 3.09. The topological polar surface area (TPSA) is 60.7 Å². The monoisotopic (exact) mass is 238 g/mol. The maximum absolute atomic E-state index is 10.3. The van der Waals surface area contributed by atoms with Gasteiger partial charge < -0.3 is 15.3 Å². The molecule has 1 saturated carbocycles. The molecular weight excluding hydrogens is 216 g/mol. The van der Waals surface area contributed by atoms with Crippen molar-refractivity contribution in [1.29, 1.82) is 0 Å². The summed E-state index contributed by atoms with van der Waals surface area (Å²) in [6, 6.07) is 10.1. The van der Waals surface area contributed by atoms with Crippen LogP contribution in [0.25, 0.3) is 0 Å². The van der Waals surface area contributed by atoms with Crippen LogP contribution in [0, 0.1) is 0 Å². The molecule has 1 aliphatic carbocycles. The predicted molar refractivity (Wildman–Crippen MR) is 67.6 cm³/mol. The average molecular weight is 238 g/mol. The van der Waals surface area contributed by atoms with Crippen LogP contribution in [0.15, 0.2) is 30.3 Å². The first-order valence-corrected chi connectivity index (χ1v) is 6.22. The summed E-state index contributed by atoms with van der Waals surface area (Å²) in [5.41, 5.74) is 0.564. The molecule has 1 aliphatic rings. The smallest absolute Gasteiger partial charge is 0.0896 e. The molecule has 0 atom stereocenters. The highest BCUT2D eigenvalue weighted by atomic mass is 16.3. The minimum absolute atomic E-state index is 0.125. The van der Waals surface area contributed by atoms with E-state index in [1.54, 1.807) is 0 Å². The standard InChI is InChI=1S/C12H16O.C2H6O2/c13-12(9-5-2-6-10-12)11-7-3-1-4-8-11;3-1-2-4/h1,3-4,7-8,13H,2,5-6,9-10H2;3-4H,1-2H2. The number of aliphatic hydroxyl groups excluding tert-OH is 2. The van der Waals surface area contributed by atoms with Crippen LogP contribution in [-0.2, 0) is 5.60 Å².